The van der Waals surface area contributed by atoms with Gasteiger partial charge >= 0.3 is 0 Å². The van der Waals surface area contributed by atoms with Gasteiger partial charge in [0.05, 0.1) is 39.9 Å². The number of amides is 2. The third-order valence-corrected chi connectivity index (χ3v) is 7.63. The molecule has 0 unspecified atom stereocenters. The van der Waals surface area contributed by atoms with Crippen LogP contribution in [0.5, 0.6) is 0 Å². The first kappa shape index (κ1) is 24.6. The summed E-state index contributed by atoms with van der Waals surface area (Å²) in [6, 6.07) is 17.9. The molecule has 0 saturated carbocycles. The molecule has 0 spiro atoms. The number of carbonyl (C=O) groups is 2. The van der Waals surface area contributed by atoms with Gasteiger partial charge in [-0.15, -0.1) is 11.3 Å². The van der Waals surface area contributed by atoms with Crippen LogP contribution in [0.3, 0.4) is 0 Å². The number of aromatic nitrogens is 1. The van der Waals surface area contributed by atoms with Crippen molar-refractivity contribution in [3.05, 3.63) is 103 Å². The van der Waals surface area contributed by atoms with Gasteiger partial charge in [0, 0.05) is 28.5 Å². The Kier molecular flexibility index (Phi) is 6.90. The number of hydrogen-bond donors (Lipinski definition) is 1. The van der Waals surface area contributed by atoms with E-state index in [-0.39, 0.29) is 16.8 Å². The summed E-state index contributed by atoms with van der Waals surface area (Å²) in [5.41, 5.74) is 4.40. The fourth-order valence-electron chi connectivity index (χ4n) is 4.38. The average Bonchev–Trinajstić information content (AvgIpc) is 3.41. The van der Waals surface area contributed by atoms with Crippen LogP contribution in [0.1, 0.15) is 37.0 Å². The van der Waals surface area contributed by atoms with Crippen molar-refractivity contribution in [1.82, 2.24) is 9.47 Å². The largest absolute Gasteiger partial charge is 0.340 e. The van der Waals surface area contributed by atoms with Gasteiger partial charge in [0.2, 0.25) is 0 Å². The van der Waals surface area contributed by atoms with Crippen molar-refractivity contribution in [2.45, 2.75) is 19.6 Å². The zero-order chi connectivity index (χ0) is 25.4. The number of carbonyl (C=O) groups excluding carboxylic acids is 2. The van der Waals surface area contributed by atoms with Crippen molar-refractivity contribution in [3.8, 4) is 0 Å². The summed E-state index contributed by atoms with van der Waals surface area (Å²) < 4.78 is 2.29. The van der Waals surface area contributed by atoms with E-state index in [1.807, 2.05) is 25.5 Å². The average molecular weight is 539 g/mol. The highest BCUT2D eigenvalue weighted by molar-refractivity contribution is 7.10. The van der Waals surface area contributed by atoms with Gasteiger partial charge in [-0.05, 0) is 68.0 Å². The zero-order valence-corrected chi connectivity index (χ0v) is 22.1. The monoisotopic (exact) mass is 538 g/mol. The number of halogens is 2. The van der Waals surface area contributed by atoms with Crippen LogP contribution in [-0.4, -0.2) is 35.4 Å². The van der Waals surface area contributed by atoms with Crippen molar-refractivity contribution in [1.29, 1.82) is 0 Å². The molecule has 4 aromatic rings. The Morgan fingerprint density at radius 2 is 1.78 bits per heavy atom. The Labute approximate surface area is 223 Å². The standard InChI is InChI=1S/C27H24Cl2N4O2S/c1-31(2)14-18-8-9-19-15-33(24-11-12-36-25(24)16-32(18)19)27(35)21-10-7-17(13-23(21)29)30-26(34)20-5-3-4-6-22(20)28/h3-13H,14-16H2,1-2H3,(H,30,34). The minimum Gasteiger partial charge on any atom is -0.340 e. The van der Waals surface area contributed by atoms with Crippen LogP contribution in [0.2, 0.25) is 10.0 Å². The molecule has 0 saturated heterocycles. The molecule has 6 nitrogen and oxygen atoms in total. The molecular formula is C27H24Cl2N4O2S. The smallest absolute Gasteiger partial charge is 0.260 e. The third kappa shape index (κ3) is 4.80. The topological polar surface area (TPSA) is 57.6 Å². The number of thiophene rings is 1. The van der Waals surface area contributed by atoms with Gasteiger partial charge in [-0.2, -0.15) is 0 Å². The Bertz CT molecular complexity index is 1460. The molecule has 1 aliphatic rings. The van der Waals surface area contributed by atoms with Crippen LogP contribution in [-0.2, 0) is 19.6 Å². The predicted octanol–water partition coefficient (Wildman–Crippen LogP) is 6.38. The maximum atomic E-state index is 13.8. The van der Waals surface area contributed by atoms with Crippen molar-refractivity contribution in [2.24, 2.45) is 0 Å². The minimum absolute atomic E-state index is 0.188. The fourth-order valence-corrected chi connectivity index (χ4v) is 5.73. The van der Waals surface area contributed by atoms with Crippen molar-refractivity contribution in [2.75, 3.05) is 24.3 Å². The van der Waals surface area contributed by atoms with Crippen LogP contribution in [0.4, 0.5) is 11.4 Å². The Balaban J connectivity index is 1.41. The molecule has 3 heterocycles. The van der Waals surface area contributed by atoms with Crippen LogP contribution in [0.25, 0.3) is 0 Å². The van der Waals surface area contributed by atoms with Crippen LogP contribution < -0.4 is 10.2 Å². The summed E-state index contributed by atoms with van der Waals surface area (Å²) >= 11 is 14.4. The Hall–Kier alpha value is -3.10. The molecule has 2 amide bonds. The van der Waals surface area contributed by atoms with E-state index in [1.54, 1.807) is 58.7 Å². The maximum Gasteiger partial charge on any atom is 0.260 e. The van der Waals surface area contributed by atoms with E-state index in [2.05, 4.69) is 26.9 Å². The van der Waals surface area contributed by atoms with Gasteiger partial charge in [-0.3, -0.25) is 9.59 Å². The summed E-state index contributed by atoms with van der Waals surface area (Å²) in [7, 11) is 4.09. The number of nitrogens with one attached hydrogen (secondary N) is 1. The molecule has 2 aromatic heterocycles. The number of nitrogens with zero attached hydrogens (tertiary/aromatic N) is 3. The van der Waals surface area contributed by atoms with E-state index in [4.69, 9.17) is 23.2 Å². The highest BCUT2D eigenvalue weighted by atomic mass is 35.5. The van der Waals surface area contributed by atoms with Crippen LogP contribution in [0, 0.1) is 0 Å². The first-order valence-corrected chi connectivity index (χ1v) is 13.0. The van der Waals surface area contributed by atoms with E-state index in [0.717, 1.165) is 29.3 Å². The molecule has 0 bridgehead atoms. The summed E-state index contributed by atoms with van der Waals surface area (Å²) in [6.45, 7) is 1.99. The van der Waals surface area contributed by atoms with Gasteiger partial charge in [-0.1, -0.05) is 35.3 Å². The van der Waals surface area contributed by atoms with E-state index in [1.165, 1.54) is 5.69 Å². The summed E-state index contributed by atoms with van der Waals surface area (Å²) in [6.07, 6.45) is 0. The molecule has 2 aromatic carbocycles. The molecule has 0 radical (unpaired) electrons. The van der Waals surface area contributed by atoms with Gasteiger partial charge in [-0.25, -0.2) is 0 Å². The Morgan fingerprint density at radius 1 is 0.972 bits per heavy atom. The van der Waals surface area contributed by atoms with Gasteiger partial charge in [0.15, 0.2) is 0 Å². The molecule has 9 heteroatoms. The molecular weight excluding hydrogens is 515 g/mol. The van der Waals surface area contributed by atoms with E-state index in [0.29, 0.717) is 28.4 Å². The molecule has 0 atom stereocenters. The third-order valence-electron chi connectivity index (χ3n) is 6.10. The molecule has 0 aliphatic carbocycles. The lowest BCUT2D eigenvalue weighted by Gasteiger charge is -2.22. The first-order chi connectivity index (χ1) is 17.3. The second kappa shape index (κ2) is 10.1. The lowest BCUT2D eigenvalue weighted by molar-refractivity contribution is 0.0984. The predicted molar refractivity (Wildman–Crippen MR) is 147 cm³/mol. The summed E-state index contributed by atoms with van der Waals surface area (Å²) in [4.78, 5) is 31.4. The summed E-state index contributed by atoms with van der Waals surface area (Å²) in [5.74, 6) is -0.534. The zero-order valence-electron chi connectivity index (χ0n) is 19.8. The molecule has 1 N–H and O–H groups in total. The molecule has 5 rings (SSSR count). The van der Waals surface area contributed by atoms with Crippen LogP contribution in [0.15, 0.2) is 66.0 Å². The highest BCUT2D eigenvalue weighted by Gasteiger charge is 2.28. The number of anilines is 2. The quantitative estimate of drug-likeness (QED) is 0.320. The normalized spacial score (nSPS) is 12.8. The highest BCUT2D eigenvalue weighted by Crippen LogP contribution is 2.35. The van der Waals surface area contributed by atoms with E-state index < -0.39 is 0 Å². The second-order valence-electron chi connectivity index (χ2n) is 8.89. The number of hydrogen-bond acceptors (Lipinski definition) is 4. The number of fused-ring (bicyclic) bond motifs is 2. The SMILES string of the molecule is CN(C)Cc1ccc2n1Cc1sccc1N(C(=O)c1ccc(NC(=O)c3ccccc3Cl)cc1Cl)C2. The molecule has 184 valence electrons. The van der Waals surface area contributed by atoms with Crippen molar-refractivity contribution in [3.63, 3.8) is 0 Å². The van der Waals surface area contributed by atoms with Gasteiger partial charge in [0.25, 0.3) is 11.8 Å². The van der Waals surface area contributed by atoms with Crippen LogP contribution >= 0.6 is 34.5 Å². The van der Waals surface area contributed by atoms with E-state index >= 15 is 0 Å². The Morgan fingerprint density at radius 3 is 2.53 bits per heavy atom. The van der Waals surface area contributed by atoms with Gasteiger partial charge in [0.1, 0.15) is 0 Å². The second-order valence-corrected chi connectivity index (χ2v) is 10.7. The van der Waals surface area contributed by atoms with Gasteiger partial charge < -0.3 is 19.7 Å². The summed E-state index contributed by atoms with van der Waals surface area (Å²) in [5, 5.41) is 5.44. The molecule has 0 fully saturated rings. The maximum absolute atomic E-state index is 13.8. The lowest BCUT2D eigenvalue weighted by Crippen LogP contribution is -2.30. The fraction of sp³-hybridized carbons (Fsp3) is 0.185. The molecule has 1 aliphatic heterocycles. The lowest BCUT2D eigenvalue weighted by atomic mass is 10.1. The number of benzene rings is 2. The van der Waals surface area contributed by atoms with Crippen molar-refractivity contribution < 1.29 is 9.59 Å². The van der Waals surface area contributed by atoms with Crippen molar-refractivity contribution >= 4 is 57.7 Å². The number of rotatable bonds is 5. The van der Waals surface area contributed by atoms with E-state index in [9.17, 15) is 9.59 Å². The minimum atomic E-state index is -0.347. The molecule has 36 heavy (non-hydrogen) atoms. The first-order valence-electron chi connectivity index (χ1n) is 11.4.